The lowest BCUT2D eigenvalue weighted by molar-refractivity contribution is 0.425. The van der Waals surface area contributed by atoms with Gasteiger partial charge in [0.25, 0.3) is 0 Å². The van der Waals surface area contributed by atoms with Gasteiger partial charge in [-0.1, -0.05) is 0 Å². The van der Waals surface area contributed by atoms with Crippen LogP contribution in [-0.4, -0.2) is 47.6 Å². The molecule has 7 heteroatoms. The Morgan fingerprint density at radius 2 is 2.00 bits per heavy atom. The van der Waals surface area contributed by atoms with Crippen molar-refractivity contribution in [3.8, 4) is 0 Å². The van der Waals surface area contributed by atoms with Crippen molar-refractivity contribution in [2.24, 2.45) is 0 Å². The van der Waals surface area contributed by atoms with E-state index in [9.17, 15) is 12.8 Å². The molecule has 102 valence electrons. The third-order valence-electron chi connectivity index (χ3n) is 2.39. The van der Waals surface area contributed by atoms with Gasteiger partial charge in [-0.15, -0.1) is 0 Å². The number of nitrogens with one attached hydrogen (secondary N) is 2. The zero-order chi connectivity index (χ0) is 13.8. The zero-order valence-electron chi connectivity index (χ0n) is 10.7. The van der Waals surface area contributed by atoms with Crippen LogP contribution in [0.2, 0.25) is 0 Å². The van der Waals surface area contributed by atoms with Gasteiger partial charge in [0.05, 0.1) is 10.6 Å². The van der Waals surface area contributed by atoms with E-state index in [1.54, 1.807) is 0 Å². The molecule has 18 heavy (non-hydrogen) atoms. The number of nitrogens with zero attached hydrogens (tertiary/aromatic N) is 1. The molecule has 0 unspecified atom stereocenters. The monoisotopic (exact) mass is 275 g/mol. The number of likely N-dealkylation sites (N-methyl/N-ethyl adjacent to an activating group) is 1. The fraction of sp³-hybridized carbons (Fsp3) is 0.455. The molecular formula is C11H18FN3O2S. The van der Waals surface area contributed by atoms with E-state index in [-0.39, 0.29) is 4.90 Å². The lowest BCUT2D eigenvalue weighted by atomic mass is 10.3. The number of sulfonamides is 1. The molecule has 0 aliphatic carbocycles. The van der Waals surface area contributed by atoms with Gasteiger partial charge in [0.2, 0.25) is 10.0 Å². The molecule has 1 rings (SSSR count). The maximum Gasteiger partial charge on any atom is 0.240 e. The minimum absolute atomic E-state index is 0.0827. The minimum atomic E-state index is -3.60. The molecule has 0 radical (unpaired) electrons. The lowest BCUT2D eigenvalue weighted by Gasteiger charge is -2.12. The second kappa shape index (κ2) is 6.12. The predicted molar refractivity (Wildman–Crippen MR) is 69.7 cm³/mol. The Balaban J connectivity index is 2.81. The van der Waals surface area contributed by atoms with Crippen LogP contribution >= 0.6 is 0 Å². The fourth-order valence-corrected chi connectivity index (χ4v) is 2.08. The molecule has 0 heterocycles. The van der Waals surface area contributed by atoms with Crippen LogP contribution in [0.3, 0.4) is 0 Å². The topological polar surface area (TPSA) is 61.4 Å². The van der Waals surface area contributed by atoms with Gasteiger partial charge in [0, 0.05) is 13.1 Å². The van der Waals surface area contributed by atoms with Crippen LogP contribution < -0.4 is 10.0 Å². The normalized spacial score (nSPS) is 11.8. The van der Waals surface area contributed by atoms with E-state index in [2.05, 4.69) is 10.0 Å². The summed E-state index contributed by atoms with van der Waals surface area (Å²) in [6, 6.07) is 3.80. The molecule has 0 spiro atoms. The van der Waals surface area contributed by atoms with Crippen molar-refractivity contribution in [2.45, 2.75) is 4.90 Å². The molecule has 0 amide bonds. The summed E-state index contributed by atoms with van der Waals surface area (Å²) in [6.45, 7) is 1.35. The van der Waals surface area contributed by atoms with Crippen LogP contribution in [0, 0.1) is 5.82 Å². The molecule has 1 aromatic carbocycles. The molecule has 0 saturated carbocycles. The van der Waals surface area contributed by atoms with Gasteiger partial charge in [-0.05, 0) is 39.3 Å². The summed E-state index contributed by atoms with van der Waals surface area (Å²) in [5.41, 5.74) is 0.298. The first-order chi connectivity index (χ1) is 8.36. The minimum Gasteiger partial charge on any atom is -0.381 e. The Morgan fingerprint density at radius 3 is 2.50 bits per heavy atom. The largest absolute Gasteiger partial charge is 0.381 e. The Kier molecular flexibility index (Phi) is 5.06. The first-order valence-corrected chi connectivity index (χ1v) is 6.97. The van der Waals surface area contributed by atoms with Crippen molar-refractivity contribution in [1.82, 2.24) is 9.62 Å². The Bertz CT molecular complexity index is 503. The number of hydrogen-bond acceptors (Lipinski definition) is 4. The maximum absolute atomic E-state index is 13.7. The summed E-state index contributed by atoms with van der Waals surface area (Å²) in [5.74, 6) is -0.579. The van der Waals surface area contributed by atoms with Crippen LogP contribution in [0.1, 0.15) is 0 Å². The summed E-state index contributed by atoms with van der Waals surface area (Å²) >= 11 is 0. The van der Waals surface area contributed by atoms with Crippen molar-refractivity contribution in [3.05, 3.63) is 24.0 Å². The molecule has 0 aromatic heterocycles. The summed E-state index contributed by atoms with van der Waals surface area (Å²) < 4.78 is 38.7. The second-order valence-corrected chi connectivity index (χ2v) is 5.97. The third kappa shape index (κ3) is 3.94. The molecule has 0 atom stereocenters. The zero-order valence-corrected chi connectivity index (χ0v) is 11.5. The van der Waals surface area contributed by atoms with E-state index in [4.69, 9.17) is 0 Å². The number of benzene rings is 1. The second-order valence-electron chi connectivity index (χ2n) is 4.08. The molecule has 0 saturated heterocycles. The number of rotatable bonds is 6. The summed E-state index contributed by atoms with van der Waals surface area (Å²) in [7, 11) is 1.53. The number of anilines is 1. The molecule has 0 aliphatic rings. The van der Waals surface area contributed by atoms with Gasteiger partial charge in [0.1, 0.15) is 5.82 Å². The van der Waals surface area contributed by atoms with Gasteiger partial charge in [-0.25, -0.2) is 17.5 Å². The Morgan fingerprint density at radius 1 is 1.33 bits per heavy atom. The van der Waals surface area contributed by atoms with Gasteiger partial charge < -0.3 is 10.2 Å². The average molecular weight is 275 g/mol. The van der Waals surface area contributed by atoms with Crippen molar-refractivity contribution >= 4 is 15.7 Å². The average Bonchev–Trinajstić information content (AvgIpc) is 2.30. The van der Waals surface area contributed by atoms with Gasteiger partial charge in [0.15, 0.2) is 0 Å². The summed E-state index contributed by atoms with van der Waals surface area (Å²) in [5, 5.41) is 2.91. The highest BCUT2D eigenvalue weighted by Gasteiger charge is 2.13. The SMILES string of the molecule is CNS(=O)(=O)c1ccc(NCCN(C)C)c(F)c1. The first-order valence-electron chi connectivity index (χ1n) is 5.48. The highest BCUT2D eigenvalue weighted by Crippen LogP contribution is 2.18. The fourth-order valence-electron chi connectivity index (χ4n) is 1.34. The van der Waals surface area contributed by atoms with E-state index in [1.165, 1.54) is 19.2 Å². The summed E-state index contributed by atoms with van der Waals surface area (Å²) in [6.07, 6.45) is 0. The summed E-state index contributed by atoms with van der Waals surface area (Å²) in [4.78, 5) is 1.88. The van der Waals surface area contributed by atoms with Crippen LogP contribution in [-0.2, 0) is 10.0 Å². The predicted octanol–water partition coefficient (Wildman–Crippen LogP) is 0.707. The molecule has 0 bridgehead atoms. The van der Waals surface area contributed by atoms with Crippen LogP contribution in [0.5, 0.6) is 0 Å². The smallest absolute Gasteiger partial charge is 0.240 e. The van der Waals surface area contributed by atoms with Crippen molar-refractivity contribution in [3.63, 3.8) is 0 Å². The molecule has 2 N–H and O–H groups in total. The van der Waals surface area contributed by atoms with Crippen LogP contribution in [0.4, 0.5) is 10.1 Å². The van der Waals surface area contributed by atoms with Crippen LogP contribution in [0.25, 0.3) is 0 Å². The molecular weight excluding hydrogens is 257 g/mol. The van der Waals surface area contributed by atoms with Crippen molar-refractivity contribution in [1.29, 1.82) is 0 Å². The molecule has 0 aliphatic heterocycles. The lowest BCUT2D eigenvalue weighted by Crippen LogP contribution is -2.21. The number of halogens is 1. The van der Waals surface area contributed by atoms with E-state index in [0.717, 1.165) is 12.6 Å². The Labute approximate surface area is 107 Å². The quantitative estimate of drug-likeness (QED) is 0.802. The maximum atomic E-state index is 13.7. The first kappa shape index (κ1) is 14.9. The Hall–Kier alpha value is -1.18. The molecule has 5 nitrogen and oxygen atoms in total. The van der Waals surface area contributed by atoms with Gasteiger partial charge in [-0.3, -0.25) is 0 Å². The van der Waals surface area contributed by atoms with Crippen molar-refractivity contribution < 1.29 is 12.8 Å². The van der Waals surface area contributed by atoms with Crippen LogP contribution in [0.15, 0.2) is 23.1 Å². The van der Waals surface area contributed by atoms with E-state index >= 15 is 0 Å². The van der Waals surface area contributed by atoms with Crippen molar-refractivity contribution in [2.75, 3.05) is 39.5 Å². The van der Waals surface area contributed by atoms with E-state index in [0.29, 0.717) is 12.2 Å². The van der Waals surface area contributed by atoms with Gasteiger partial charge in [-0.2, -0.15) is 0 Å². The highest BCUT2D eigenvalue weighted by molar-refractivity contribution is 7.89. The van der Waals surface area contributed by atoms with Gasteiger partial charge >= 0.3 is 0 Å². The number of hydrogen-bond donors (Lipinski definition) is 2. The van der Waals surface area contributed by atoms with E-state index in [1.807, 2.05) is 19.0 Å². The van der Waals surface area contributed by atoms with E-state index < -0.39 is 15.8 Å². The molecule has 0 fully saturated rings. The highest BCUT2D eigenvalue weighted by atomic mass is 32.2. The third-order valence-corrected chi connectivity index (χ3v) is 3.81. The molecule has 1 aromatic rings. The standard InChI is InChI=1S/C11H18FN3O2S/c1-13-18(16,17)9-4-5-11(10(12)8-9)14-6-7-15(2)3/h4-5,8,13-14H,6-7H2,1-3H3.